The molecule has 0 amide bonds. The number of anilines is 1. The Kier molecular flexibility index (Phi) is 6.73. The molecule has 0 aromatic heterocycles. The molecule has 1 aliphatic carbocycles. The molecule has 6 rings (SSSR count). The van der Waals surface area contributed by atoms with Crippen LogP contribution >= 0.6 is 23.2 Å². The molecule has 1 aliphatic heterocycles. The molecular formula is C32H26Cl2N2O. The zero-order valence-electron chi connectivity index (χ0n) is 20.1. The van der Waals surface area contributed by atoms with Gasteiger partial charge < -0.3 is 10.1 Å². The Morgan fingerprint density at radius 3 is 2.59 bits per heavy atom. The third-order valence-corrected chi connectivity index (χ3v) is 7.78. The van der Waals surface area contributed by atoms with Gasteiger partial charge in [-0.1, -0.05) is 83.9 Å². The maximum Gasteiger partial charge on any atom is 0.128 e. The van der Waals surface area contributed by atoms with E-state index in [4.69, 9.17) is 32.9 Å². The van der Waals surface area contributed by atoms with Crippen molar-refractivity contribution in [1.29, 1.82) is 0 Å². The second-order valence-corrected chi connectivity index (χ2v) is 10.3. The highest BCUT2D eigenvalue weighted by Crippen LogP contribution is 2.49. The molecule has 0 bridgehead atoms. The van der Waals surface area contributed by atoms with Gasteiger partial charge in [-0.05, 0) is 65.9 Å². The number of hydrogen-bond acceptors (Lipinski definition) is 3. The number of benzene rings is 4. The second-order valence-electron chi connectivity index (χ2n) is 9.47. The van der Waals surface area contributed by atoms with E-state index in [-0.39, 0.29) is 6.04 Å². The van der Waals surface area contributed by atoms with E-state index in [9.17, 15) is 0 Å². The maximum absolute atomic E-state index is 6.30. The van der Waals surface area contributed by atoms with Crippen LogP contribution in [0.15, 0.2) is 108 Å². The standard InChI is InChI=1S/C32H26Cl2N2O/c33-24-15-12-23(29(34)18-24)20-37-31-11-4-1-6-22(31)19-35-25-16-13-21(14-17-25)32-28-9-5-8-26(28)27-7-2-3-10-30(27)36-32/h1-8,10-19,26,28,32,36H,9,20H2/t26-,28-,32-/m0/s1. The topological polar surface area (TPSA) is 33.6 Å². The van der Waals surface area contributed by atoms with Gasteiger partial charge >= 0.3 is 0 Å². The lowest BCUT2D eigenvalue weighted by Gasteiger charge is -2.37. The first-order chi connectivity index (χ1) is 18.2. The highest BCUT2D eigenvalue weighted by Gasteiger charge is 2.37. The van der Waals surface area contributed by atoms with Gasteiger partial charge in [-0.25, -0.2) is 0 Å². The molecule has 4 aromatic rings. The average Bonchev–Trinajstić information content (AvgIpc) is 3.42. The van der Waals surface area contributed by atoms with Crippen LogP contribution in [0.3, 0.4) is 0 Å². The lowest BCUT2D eigenvalue weighted by atomic mass is 9.77. The molecular weight excluding hydrogens is 499 g/mol. The fourth-order valence-electron chi connectivity index (χ4n) is 5.30. The first-order valence-corrected chi connectivity index (χ1v) is 13.2. The number of nitrogens with one attached hydrogen (secondary N) is 1. The van der Waals surface area contributed by atoms with Crippen molar-refractivity contribution in [2.45, 2.75) is 25.0 Å². The summed E-state index contributed by atoms with van der Waals surface area (Å²) < 4.78 is 6.07. The van der Waals surface area contributed by atoms with Gasteiger partial charge in [-0.3, -0.25) is 4.99 Å². The Balaban J connectivity index is 1.17. The molecule has 1 heterocycles. The quantitative estimate of drug-likeness (QED) is 0.201. The van der Waals surface area contributed by atoms with Crippen LogP contribution in [0.2, 0.25) is 10.0 Å². The summed E-state index contributed by atoms with van der Waals surface area (Å²) in [6.07, 6.45) is 7.63. The van der Waals surface area contributed by atoms with Crippen LogP contribution in [0.4, 0.5) is 11.4 Å². The highest BCUT2D eigenvalue weighted by molar-refractivity contribution is 6.35. The third kappa shape index (κ3) is 5.02. The minimum atomic E-state index is 0.279. The van der Waals surface area contributed by atoms with Crippen LogP contribution in [0, 0.1) is 5.92 Å². The Morgan fingerprint density at radius 2 is 1.73 bits per heavy atom. The summed E-state index contributed by atoms with van der Waals surface area (Å²) in [7, 11) is 0. The molecule has 0 unspecified atom stereocenters. The van der Waals surface area contributed by atoms with Crippen LogP contribution in [-0.2, 0) is 6.61 Å². The third-order valence-electron chi connectivity index (χ3n) is 7.19. The monoisotopic (exact) mass is 524 g/mol. The van der Waals surface area contributed by atoms with Gasteiger partial charge in [0.1, 0.15) is 12.4 Å². The lowest BCUT2D eigenvalue weighted by molar-refractivity contribution is 0.306. The van der Waals surface area contributed by atoms with Crippen molar-refractivity contribution >= 4 is 40.8 Å². The molecule has 0 radical (unpaired) electrons. The van der Waals surface area contributed by atoms with E-state index in [1.165, 1.54) is 16.8 Å². The summed E-state index contributed by atoms with van der Waals surface area (Å²) in [6, 6.07) is 30.8. The van der Waals surface area contributed by atoms with Crippen molar-refractivity contribution < 1.29 is 4.74 Å². The number of aliphatic imine (C=N–C) groups is 1. The molecule has 0 spiro atoms. The van der Waals surface area contributed by atoms with E-state index in [0.29, 0.717) is 28.5 Å². The lowest BCUT2D eigenvalue weighted by Crippen LogP contribution is -2.28. The molecule has 0 fully saturated rings. The van der Waals surface area contributed by atoms with Crippen LogP contribution in [0.5, 0.6) is 5.75 Å². The number of para-hydroxylation sites is 2. The van der Waals surface area contributed by atoms with Crippen molar-refractivity contribution in [3.63, 3.8) is 0 Å². The molecule has 0 saturated heterocycles. The Labute approximate surface area is 227 Å². The van der Waals surface area contributed by atoms with E-state index in [1.807, 2.05) is 42.6 Å². The zero-order chi connectivity index (χ0) is 25.2. The van der Waals surface area contributed by atoms with Crippen LogP contribution in [0.1, 0.15) is 40.6 Å². The van der Waals surface area contributed by atoms with Crippen molar-refractivity contribution in [3.8, 4) is 5.75 Å². The summed E-state index contributed by atoms with van der Waals surface area (Å²) in [5, 5.41) is 4.99. The van der Waals surface area contributed by atoms with Crippen LogP contribution in [-0.4, -0.2) is 6.21 Å². The first-order valence-electron chi connectivity index (χ1n) is 12.5. The number of fused-ring (bicyclic) bond motifs is 3. The van der Waals surface area contributed by atoms with Crippen molar-refractivity contribution in [1.82, 2.24) is 0 Å². The number of rotatable bonds is 6. The van der Waals surface area contributed by atoms with Gasteiger partial charge in [0.25, 0.3) is 0 Å². The molecule has 37 heavy (non-hydrogen) atoms. The summed E-state index contributed by atoms with van der Waals surface area (Å²) in [5.41, 5.74) is 6.61. The summed E-state index contributed by atoms with van der Waals surface area (Å²) in [6.45, 7) is 0.351. The molecule has 1 N–H and O–H groups in total. The van der Waals surface area contributed by atoms with Gasteiger partial charge in [0, 0.05) is 39.0 Å². The van der Waals surface area contributed by atoms with E-state index in [2.05, 4.69) is 66.0 Å². The Hall–Kier alpha value is -3.53. The zero-order valence-corrected chi connectivity index (χ0v) is 21.7. The van der Waals surface area contributed by atoms with Gasteiger partial charge in [0.2, 0.25) is 0 Å². The number of ether oxygens (including phenoxy) is 1. The van der Waals surface area contributed by atoms with Gasteiger partial charge in [-0.15, -0.1) is 0 Å². The smallest absolute Gasteiger partial charge is 0.128 e. The predicted molar refractivity (Wildman–Crippen MR) is 154 cm³/mol. The minimum absolute atomic E-state index is 0.279. The van der Waals surface area contributed by atoms with Gasteiger partial charge in [-0.2, -0.15) is 0 Å². The van der Waals surface area contributed by atoms with E-state index < -0.39 is 0 Å². The van der Waals surface area contributed by atoms with Crippen molar-refractivity contribution in [2.24, 2.45) is 10.9 Å². The molecule has 3 atom stereocenters. The van der Waals surface area contributed by atoms with Crippen molar-refractivity contribution in [3.05, 3.63) is 135 Å². The summed E-state index contributed by atoms with van der Waals surface area (Å²) >= 11 is 12.3. The minimum Gasteiger partial charge on any atom is -0.488 e. The molecule has 4 aromatic carbocycles. The maximum atomic E-state index is 6.30. The van der Waals surface area contributed by atoms with Crippen LogP contribution in [0.25, 0.3) is 0 Å². The van der Waals surface area contributed by atoms with E-state index >= 15 is 0 Å². The number of halogens is 2. The first kappa shape index (κ1) is 23.8. The molecule has 0 saturated carbocycles. The largest absolute Gasteiger partial charge is 0.488 e. The van der Waals surface area contributed by atoms with E-state index in [0.717, 1.165) is 29.0 Å². The summed E-state index contributed by atoms with van der Waals surface area (Å²) in [4.78, 5) is 4.73. The van der Waals surface area contributed by atoms with Gasteiger partial charge in [0.05, 0.1) is 11.7 Å². The number of nitrogens with zero attached hydrogens (tertiary/aromatic N) is 1. The second kappa shape index (κ2) is 10.5. The fraction of sp³-hybridized carbons (Fsp3) is 0.156. The Bertz CT molecular complexity index is 1480. The SMILES string of the molecule is Clc1ccc(COc2ccccc2C=Nc2ccc([C@@H]3Nc4ccccc4[C@@H]4C=CC[C@@H]43)cc2)c(Cl)c1. The van der Waals surface area contributed by atoms with Gasteiger partial charge in [0.15, 0.2) is 0 Å². The predicted octanol–water partition coefficient (Wildman–Crippen LogP) is 9.15. The molecule has 3 nitrogen and oxygen atoms in total. The number of allylic oxidation sites excluding steroid dienone is 2. The Morgan fingerprint density at radius 1 is 0.919 bits per heavy atom. The van der Waals surface area contributed by atoms with E-state index in [1.54, 1.807) is 6.07 Å². The summed E-state index contributed by atoms with van der Waals surface area (Å²) in [5.74, 6) is 1.75. The molecule has 184 valence electrons. The number of hydrogen-bond donors (Lipinski definition) is 1. The normalized spacial score (nSPS) is 19.9. The molecule has 5 heteroatoms. The van der Waals surface area contributed by atoms with Crippen LogP contribution < -0.4 is 10.1 Å². The van der Waals surface area contributed by atoms with Crippen molar-refractivity contribution in [2.75, 3.05) is 5.32 Å². The molecule has 2 aliphatic rings. The fourth-order valence-corrected chi connectivity index (χ4v) is 5.76. The average molecular weight is 525 g/mol. The highest BCUT2D eigenvalue weighted by atomic mass is 35.5.